The van der Waals surface area contributed by atoms with Gasteiger partial charge in [-0.2, -0.15) is 0 Å². The lowest BCUT2D eigenvalue weighted by atomic mass is 9.96. The first-order valence-electron chi connectivity index (χ1n) is 6.70. The number of benzene rings is 1. The maximum absolute atomic E-state index is 11.6. The van der Waals surface area contributed by atoms with Gasteiger partial charge < -0.3 is 10.6 Å². The summed E-state index contributed by atoms with van der Waals surface area (Å²) in [6, 6.07) is 10.5. The molecule has 2 N–H and O–H groups in total. The molecule has 0 saturated heterocycles. The topological polar surface area (TPSA) is 41.1 Å². The maximum atomic E-state index is 11.6. The zero-order valence-electron chi connectivity index (χ0n) is 11.6. The van der Waals surface area contributed by atoms with E-state index in [1.54, 1.807) is 0 Å². The van der Waals surface area contributed by atoms with Gasteiger partial charge in [0.1, 0.15) is 0 Å². The second kappa shape index (κ2) is 7.88. The third-order valence-electron chi connectivity index (χ3n) is 2.88. The summed E-state index contributed by atoms with van der Waals surface area (Å²) in [6.07, 6.45) is 0.970. The van der Waals surface area contributed by atoms with Crippen LogP contribution in [0.5, 0.6) is 0 Å². The minimum atomic E-state index is 0.0680. The molecule has 3 nitrogen and oxygen atoms in total. The van der Waals surface area contributed by atoms with Crippen molar-refractivity contribution in [1.82, 2.24) is 10.6 Å². The third kappa shape index (κ3) is 4.88. The molecule has 0 aliphatic heterocycles. The lowest BCUT2D eigenvalue weighted by Crippen LogP contribution is -2.37. The minimum absolute atomic E-state index is 0.0680. The Kier molecular flexibility index (Phi) is 6.44. The van der Waals surface area contributed by atoms with Gasteiger partial charge >= 0.3 is 0 Å². The quantitative estimate of drug-likeness (QED) is 0.778. The molecule has 0 saturated carbocycles. The zero-order valence-corrected chi connectivity index (χ0v) is 11.6. The molecule has 1 amide bonds. The Labute approximate surface area is 110 Å². The standard InChI is InChI=1S/C15H24N2O/c1-4-10-16-14(18)11-17-15(12(2)3)13-8-6-5-7-9-13/h5-9,12,15,17H,4,10-11H2,1-3H3,(H,16,18). The average Bonchev–Trinajstić information content (AvgIpc) is 2.37. The zero-order chi connectivity index (χ0) is 13.4. The van der Waals surface area contributed by atoms with Crippen LogP contribution in [0.25, 0.3) is 0 Å². The van der Waals surface area contributed by atoms with Crippen LogP contribution in [0.15, 0.2) is 30.3 Å². The number of rotatable bonds is 7. The van der Waals surface area contributed by atoms with Gasteiger partial charge in [-0.25, -0.2) is 0 Å². The molecule has 0 spiro atoms. The van der Waals surface area contributed by atoms with E-state index in [1.807, 2.05) is 18.2 Å². The van der Waals surface area contributed by atoms with Gasteiger partial charge in [0.15, 0.2) is 0 Å². The molecule has 1 aromatic rings. The second-order valence-corrected chi connectivity index (χ2v) is 4.86. The number of amides is 1. The molecule has 0 heterocycles. The fourth-order valence-corrected chi connectivity index (χ4v) is 1.93. The van der Waals surface area contributed by atoms with Crippen molar-refractivity contribution >= 4 is 5.91 Å². The predicted molar refractivity (Wildman–Crippen MR) is 75.3 cm³/mol. The Bertz CT molecular complexity index is 349. The van der Waals surface area contributed by atoms with E-state index in [9.17, 15) is 4.79 Å². The highest BCUT2D eigenvalue weighted by Crippen LogP contribution is 2.20. The Hall–Kier alpha value is -1.35. The van der Waals surface area contributed by atoms with E-state index < -0.39 is 0 Å². The Morgan fingerprint density at radius 1 is 1.22 bits per heavy atom. The van der Waals surface area contributed by atoms with Crippen LogP contribution in [0.2, 0.25) is 0 Å². The lowest BCUT2D eigenvalue weighted by Gasteiger charge is -2.22. The van der Waals surface area contributed by atoms with Crippen LogP contribution in [0.1, 0.15) is 38.8 Å². The molecule has 0 aliphatic rings. The minimum Gasteiger partial charge on any atom is -0.355 e. The van der Waals surface area contributed by atoms with Crippen LogP contribution in [0.3, 0.4) is 0 Å². The van der Waals surface area contributed by atoms with Gasteiger partial charge in [0.05, 0.1) is 6.54 Å². The highest BCUT2D eigenvalue weighted by Gasteiger charge is 2.15. The molecule has 1 aromatic carbocycles. The summed E-state index contributed by atoms with van der Waals surface area (Å²) in [5, 5.41) is 6.21. The summed E-state index contributed by atoms with van der Waals surface area (Å²) in [4.78, 5) is 11.6. The monoisotopic (exact) mass is 248 g/mol. The van der Waals surface area contributed by atoms with Gasteiger partial charge in [-0.15, -0.1) is 0 Å². The van der Waals surface area contributed by atoms with Gasteiger partial charge in [0.2, 0.25) is 5.91 Å². The highest BCUT2D eigenvalue weighted by molar-refractivity contribution is 5.78. The van der Waals surface area contributed by atoms with Gasteiger partial charge in [-0.3, -0.25) is 4.79 Å². The fourth-order valence-electron chi connectivity index (χ4n) is 1.93. The molecule has 1 rings (SSSR count). The van der Waals surface area contributed by atoms with Gasteiger partial charge in [0, 0.05) is 12.6 Å². The first-order valence-corrected chi connectivity index (χ1v) is 6.70. The van der Waals surface area contributed by atoms with Crippen molar-refractivity contribution in [2.75, 3.05) is 13.1 Å². The van der Waals surface area contributed by atoms with E-state index in [1.165, 1.54) is 5.56 Å². The van der Waals surface area contributed by atoms with Crippen LogP contribution in [-0.4, -0.2) is 19.0 Å². The summed E-state index contributed by atoms with van der Waals surface area (Å²) in [5.41, 5.74) is 1.23. The van der Waals surface area contributed by atoms with Crippen molar-refractivity contribution in [2.45, 2.75) is 33.2 Å². The Morgan fingerprint density at radius 2 is 1.89 bits per heavy atom. The van der Waals surface area contributed by atoms with Crippen molar-refractivity contribution in [3.05, 3.63) is 35.9 Å². The summed E-state index contributed by atoms with van der Waals surface area (Å²) >= 11 is 0. The van der Waals surface area contributed by atoms with Crippen LogP contribution in [0, 0.1) is 5.92 Å². The van der Waals surface area contributed by atoms with Gasteiger partial charge in [0.25, 0.3) is 0 Å². The van der Waals surface area contributed by atoms with Crippen LogP contribution in [-0.2, 0) is 4.79 Å². The molecule has 0 fully saturated rings. The summed E-state index contributed by atoms with van der Waals surface area (Å²) < 4.78 is 0. The normalized spacial score (nSPS) is 12.4. The number of carbonyl (C=O) groups is 1. The molecular formula is C15H24N2O. The van der Waals surface area contributed by atoms with E-state index in [4.69, 9.17) is 0 Å². The molecule has 0 radical (unpaired) electrons. The van der Waals surface area contributed by atoms with Crippen molar-refractivity contribution < 1.29 is 4.79 Å². The molecule has 0 aliphatic carbocycles. The molecule has 100 valence electrons. The van der Waals surface area contributed by atoms with E-state index in [-0.39, 0.29) is 11.9 Å². The van der Waals surface area contributed by atoms with Crippen LogP contribution in [0.4, 0.5) is 0 Å². The molecule has 18 heavy (non-hydrogen) atoms. The molecule has 0 aromatic heterocycles. The molecule has 3 heteroatoms. The molecule has 0 bridgehead atoms. The average molecular weight is 248 g/mol. The number of carbonyl (C=O) groups excluding carboxylic acids is 1. The summed E-state index contributed by atoms with van der Waals surface area (Å²) in [7, 11) is 0. The van der Waals surface area contributed by atoms with Crippen LogP contribution < -0.4 is 10.6 Å². The number of hydrogen-bond acceptors (Lipinski definition) is 2. The summed E-state index contributed by atoms with van der Waals surface area (Å²) in [6.45, 7) is 7.49. The van der Waals surface area contributed by atoms with Crippen molar-refractivity contribution in [3.63, 3.8) is 0 Å². The maximum Gasteiger partial charge on any atom is 0.233 e. The van der Waals surface area contributed by atoms with Crippen LogP contribution >= 0.6 is 0 Å². The van der Waals surface area contributed by atoms with E-state index in [2.05, 4.69) is 43.5 Å². The second-order valence-electron chi connectivity index (χ2n) is 4.86. The Morgan fingerprint density at radius 3 is 2.44 bits per heavy atom. The lowest BCUT2D eigenvalue weighted by molar-refractivity contribution is -0.120. The molecular weight excluding hydrogens is 224 g/mol. The molecule has 1 unspecified atom stereocenters. The van der Waals surface area contributed by atoms with E-state index in [0.29, 0.717) is 12.5 Å². The smallest absolute Gasteiger partial charge is 0.233 e. The first-order chi connectivity index (χ1) is 8.65. The number of nitrogens with one attached hydrogen (secondary N) is 2. The summed E-state index contributed by atoms with van der Waals surface area (Å²) in [5.74, 6) is 0.518. The largest absolute Gasteiger partial charge is 0.355 e. The van der Waals surface area contributed by atoms with Gasteiger partial charge in [-0.1, -0.05) is 51.1 Å². The predicted octanol–water partition coefficient (Wildman–Crippen LogP) is 2.50. The highest BCUT2D eigenvalue weighted by atomic mass is 16.1. The van der Waals surface area contributed by atoms with Gasteiger partial charge in [-0.05, 0) is 17.9 Å². The number of hydrogen-bond donors (Lipinski definition) is 2. The van der Waals surface area contributed by atoms with E-state index in [0.717, 1.165) is 13.0 Å². The molecule has 1 atom stereocenters. The van der Waals surface area contributed by atoms with Crippen molar-refractivity contribution in [3.8, 4) is 0 Å². The third-order valence-corrected chi connectivity index (χ3v) is 2.88. The fraction of sp³-hybridized carbons (Fsp3) is 0.533. The SMILES string of the molecule is CCCNC(=O)CNC(c1ccccc1)C(C)C. The van der Waals surface area contributed by atoms with Crippen molar-refractivity contribution in [2.24, 2.45) is 5.92 Å². The first kappa shape index (κ1) is 14.7. The Balaban J connectivity index is 2.52. The van der Waals surface area contributed by atoms with Crippen molar-refractivity contribution in [1.29, 1.82) is 0 Å². The van der Waals surface area contributed by atoms with E-state index >= 15 is 0 Å².